The van der Waals surface area contributed by atoms with Crippen LogP contribution < -0.4 is 5.32 Å². The second-order valence-corrected chi connectivity index (χ2v) is 8.77. The lowest BCUT2D eigenvalue weighted by Gasteiger charge is -2.34. The number of likely N-dealkylation sites (tertiary alicyclic amines) is 1. The monoisotopic (exact) mass is 492 g/mol. The highest BCUT2D eigenvalue weighted by Gasteiger charge is 2.44. The Labute approximate surface area is 192 Å². The van der Waals surface area contributed by atoms with Crippen LogP contribution in [0.1, 0.15) is 35.7 Å². The Bertz CT molecular complexity index is 1030. The summed E-state index contributed by atoms with van der Waals surface area (Å²) in [6.07, 6.45) is -3.88. The lowest BCUT2D eigenvalue weighted by Crippen LogP contribution is -2.50. The number of benzene rings is 2. The molecule has 2 aromatic carbocycles. The van der Waals surface area contributed by atoms with Crippen molar-refractivity contribution < 1.29 is 22.8 Å². The van der Waals surface area contributed by atoms with Gasteiger partial charge in [0.1, 0.15) is 0 Å². The van der Waals surface area contributed by atoms with Crippen molar-refractivity contribution >= 4 is 52.2 Å². The fourth-order valence-corrected chi connectivity index (χ4v) is 4.10. The average Bonchev–Trinajstić information content (AvgIpc) is 3.06. The zero-order valence-electron chi connectivity index (χ0n) is 16.3. The number of nitrogens with one attached hydrogen (secondary N) is 1. The van der Waals surface area contributed by atoms with E-state index in [1.807, 2.05) is 4.90 Å². The van der Waals surface area contributed by atoms with Crippen molar-refractivity contribution in [2.75, 3.05) is 11.9 Å². The van der Waals surface area contributed by atoms with Crippen LogP contribution in [0.15, 0.2) is 36.4 Å². The molecule has 1 aliphatic heterocycles. The third kappa shape index (κ3) is 5.17. The van der Waals surface area contributed by atoms with Crippen LogP contribution in [-0.2, 0) is 11.3 Å². The molecule has 0 aromatic heterocycles. The van der Waals surface area contributed by atoms with Gasteiger partial charge in [0.15, 0.2) is 0 Å². The van der Waals surface area contributed by atoms with Gasteiger partial charge in [0.25, 0.3) is 5.78 Å². The molecule has 4 nitrogen and oxygen atoms in total. The molecule has 0 radical (unpaired) electrons. The maximum Gasteiger partial charge on any atom is 0.454 e. The van der Waals surface area contributed by atoms with Gasteiger partial charge in [-0.2, -0.15) is 13.2 Å². The van der Waals surface area contributed by atoms with E-state index in [0.717, 1.165) is 18.1 Å². The third-order valence-electron chi connectivity index (χ3n) is 5.37. The first kappa shape index (κ1) is 23.9. The number of nitrogens with zero attached hydrogens (tertiary/aromatic N) is 1. The molecule has 0 spiro atoms. The van der Waals surface area contributed by atoms with Gasteiger partial charge >= 0.3 is 6.18 Å². The lowest BCUT2D eigenvalue weighted by molar-refractivity contribution is -0.125. The Kier molecular flexibility index (Phi) is 6.91. The van der Waals surface area contributed by atoms with E-state index < -0.39 is 29.0 Å². The molecular formula is C21H18Cl3F3N2O2. The van der Waals surface area contributed by atoms with Gasteiger partial charge in [0.2, 0.25) is 5.91 Å². The summed E-state index contributed by atoms with van der Waals surface area (Å²) in [6, 6.07) is 8.58. The van der Waals surface area contributed by atoms with E-state index in [-0.39, 0.29) is 10.7 Å². The van der Waals surface area contributed by atoms with Crippen molar-refractivity contribution in [3.63, 3.8) is 0 Å². The first-order chi connectivity index (χ1) is 14.4. The van der Waals surface area contributed by atoms with E-state index >= 15 is 0 Å². The van der Waals surface area contributed by atoms with Crippen molar-refractivity contribution in [3.05, 3.63) is 62.6 Å². The molecule has 0 unspecified atom stereocenters. The van der Waals surface area contributed by atoms with E-state index in [4.69, 9.17) is 34.8 Å². The van der Waals surface area contributed by atoms with E-state index in [9.17, 15) is 22.8 Å². The average molecular weight is 494 g/mol. The maximum absolute atomic E-state index is 13.1. The van der Waals surface area contributed by atoms with E-state index in [2.05, 4.69) is 5.32 Å². The number of alkyl halides is 3. The second-order valence-electron chi connectivity index (χ2n) is 7.52. The smallest absolute Gasteiger partial charge is 0.324 e. The summed E-state index contributed by atoms with van der Waals surface area (Å²) in [4.78, 5) is 26.9. The third-order valence-corrected chi connectivity index (χ3v) is 6.34. The van der Waals surface area contributed by atoms with Gasteiger partial charge in [-0.1, -0.05) is 40.9 Å². The fourth-order valence-electron chi connectivity index (χ4n) is 3.61. The minimum Gasteiger partial charge on any atom is -0.324 e. The number of carbonyl (C=O) groups excluding carboxylic acids is 2. The summed E-state index contributed by atoms with van der Waals surface area (Å²) in [7, 11) is 0. The molecule has 0 aliphatic carbocycles. The Hall–Kier alpha value is -1.80. The normalized spacial score (nSPS) is 19.5. The van der Waals surface area contributed by atoms with Crippen LogP contribution in [0.25, 0.3) is 0 Å². The molecule has 0 saturated carbocycles. The highest BCUT2D eigenvalue weighted by atomic mass is 35.5. The second kappa shape index (κ2) is 8.98. The lowest BCUT2D eigenvalue weighted by atomic mass is 9.96. The van der Waals surface area contributed by atoms with Crippen molar-refractivity contribution in [1.82, 2.24) is 4.90 Å². The maximum atomic E-state index is 13.1. The fraction of sp³-hybridized carbons (Fsp3) is 0.333. The largest absolute Gasteiger partial charge is 0.454 e. The Morgan fingerprint density at radius 3 is 2.45 bits per heavy atom. The van der Waals surface area contributed by atoms with Gasteiger partial charge < -0.3 is 5.32 Å². The molecule has 1 saturated heterocycles. The van der Waals surface area contributed by atoms with Crippen molar-refractivity contribution in [2.45, 2.75) is 38.0 Å². The molecule has 3 rings (SSSR count). The van der Waals surface area contributed by atoms with Gasteiger partial charge in [-0.15, -0.1) is 0 Å². The Morgan fingerprint density at radius 2 is 1.81 bits per heavy atom. The van der Waals surface area contributed by atoms with Crippen LogP contribution in [0.3, 0.4) is 0 Å². The number of anilines is 1. The molecule has 0 bridgehead atoms. The molecule has 1 atom stereocenters. The molecular weight excluding hydrogens is 476 g/mol. The molecule has 1 N–H and O–H groups in total. The summed E-state index contributed by atoms with van der Waals surface area (Å²) in [5, 5.41) is 3.26. The van der Waals surface area contributed by atoms with E-state index in [1.165, 1.54) is 12.1 Å². The van der Waals surface area contributed by atoms with Crippen molar-refractivity contribution in [3.8, 4) is 0 Å². The van der Waals surface area contributed by atoms with Crippen LogP contribution in [0.5, 0.6) is 0 Å². The van der Waals surface area contributed by atoms with Gasteiger partial charge in [0.05, 0.1) is 26.8 Å². The van der Waals surface area contributed by atoms with Crippen LogP contribution in [0.2, 0.25) is 15.1 Å². The highest BCUT2D eigenvalue weighted by Crippen LogP contribution is 2.34. The molecule has 1 amide bonds. The molecule has 1 aliphatic rings. The zero-order valence-corrected chi connectivity index (χ0v) is 18.6. The van der Waals surface area contributed by atoms with Crippen LogP contribution >= 0.6 is 34.8 Å². The molecule has 10 heteroatoms. The summed E-state index contributed by atoms with van der Waals surface area (Å²) >= 11 is 17.8. The number of hydrogen-bond acceptors (Lipinski definition) is 3. The Balaban J connectivity index is 1.85. The molecule has 1 fully saturated rings. The minimum absolute atomic E-state index is 0.0427. The minimum atomic E-state index is -5.10. The summed E-state index contributed by atoms with van der Waals surface area (Å²) in [5.41, 5.74) is -1.09. The van der Waals surface area contributed by atoms with E-state index in [1.54, 1.807) is 25.1 Å². The van der Waals surface area contributed by atoms with Gasteiger partial charge in [-0.05, 0) is 62.2 Å². The summed E-state index contributed by atoms with van der Waals surface area (Å²) in [5.74, 6) is -2.59. The van der Waals surface area contributed by atoms with E-state index in [0.29, 0.717) is 29.6 Å². The van der Waals surface area contributed by atoms with Crippen molar-refractivity contribution in [2.24, 2.45) is 0 Å². The first-order valence-corrected chi connectivity index (χ1v) is 10.5. The number of ketones is 1. The van der Waals surface area contributed by atoms with Gasteiger partial charge in [0, 0.05) is 11.6 Å². The quantitative estimate of drug-likeness (QED) is 0.491. The molecule has 1 heterocycles. The number of Topliss-reactive ketones (excluding diaryl/α,β-unsaturated/α-hetero) is 1. The first-order valence-electron chi connectivity index (χ1n) is 9.33. The zero-order chi connectivity index (χ0) is 23.0. The standard InChI is InChI=1S/C21H18Cl3F3N2O2/c1-20(7-2-8-29(20)11-12-3-5-15(23)16(24)9-12)19(31)28-17-6-4-13(22)10-14(17)18(30)21(25,26)27/h3-6,9-10H,2,7-8,11H2,1H3,(H,28,31)/t20-/m1/s1. The molecule has 31 heavy (non-hydrogen) atoms. The number of hydrogen-bond donors (Lipinski definition) is 1. The summed E-state index contributed by atoms with van der Waals surface area (Å²) in [6.45, 7) is 2.73. The predicted octanol–water partition coefficient (Wildman–Crippen LogP) is 6.39. The van der Waals surface area contributed by atoms with Crippen molar-refractivity contribution in [1.29, 1.82) is 0 Å². The topological polar surface area (TPSA) is 49.4 Å². The highest BCUT2D eigenvalue weighted by molar-refractivity contribution is 6.42. The van der Waals surface area contributed by atoms with Gasteiger partial charge in [-0.25, -0.2) is 0 Å². The van der Waals surface area contributed by atoms with Crippen LogP contribution in [0, 0.1) is 0 Å². The number of amides is 1. The predicted molar refractivity (Wildman–Crippen MR) is 115 cm³/mol. The number of halogens is 6. The van der Waals surface area contributed by atoms with Crippen LogP contribution in [-0.4, -0.2) is 34.9 Å². The van der Waals surface area contributed by atoms with Crippen LogP contribution in [0.4, 0.5) is 18.9 Å². The Morgan fingerprint density at radius 1 is 1.10 bits per heavy atom. The SMILES string of the molecule is C[C@]1(C(=O)Nc2ccc(Cl)cc2C(=O)C(F)(F)F)CCCN1Cc1ccc(Cl)c(Cl)c1. The van der Waals surface area contributed by atoms with Gasteiger partial charge in [-0.3, -0.25) is 14.5 Å². The number of rotatable bonds is 5. The summed E-state index contributed by atoms with van der Waals surface area (Å²) < 4.78 is 39.0. The molecule has 2 aromatic rings. The number of carbonyl (C=O) groups is 2. The molecule has 166 valence electrons.